The lowest BCUT2D eigenvalue weighted by atomic mass is 9.68. The maximum atomic E-state index is 13.2. The molecule has 0 radical (unpaired) electrons. The van der Waals surface area contributed by atoms with Crippen LogP contribution in [-0.2, 0) is 16.0 Å². The molecule has 3 unspecified atom stereocenters. The molecule has 2 bridgehead atoms. The minimum Gasteiger partial charge on any atom is -0.497 e. The number of carboxylic acids is 1. The van der Waals surface area contributed by atoms with Crippen molar-refractivity contribution in [2.24, 2.45) is 17.3 Å². The zero-order valence-corrected chi connectivity index (χ0v) is 14.3. The minimum atomic E-state index is -0.967. The molecular formula is C19H25NO4. The van der Waals surface area contributed by atoms with Crippen molar-refractivity contribution in [2.45, 2.75) is 32.1 Å². The van der Waals surface area contributed by atoms with Crippen LogP contribution in [0.5, 0.6) is 5.75 Å². The standard InChI is InChI=1S/C19H25NO4/c1-20(12-17(21)22)18(23)19(11-14-6-7-15(19)8-14)10-13-4-3-5-16(9-13)24-2/h3-5,9,14-15H,6-8,10-12H2,1-2H3,(H,21,22). The summed E-state index contributed by atoms with van der Waals surface area (Å²) in [6.45, 7) is -0.240. The molecule has 0 aliphatic heterocycles. The quantitative estimate of drug-likeness (QED) is 0.870. The van der Waals surface area contributed by atoms with Gasteiger partial charge in [0.2, 0.25) is 5.91 Å². The first kappa shape index (κ1) is 16.8. The molecule has 1 amide bonds. The fourth-order valence-corrected chi connectivity index (χ4v) is 4.80. The molecule has 1 aromatic carbocycles. The summed E-state index contributed by atoms with van der Waals surface area (Å²) in [5.74, 6) is 0.767. The summed E-state index contributed by atoms with van der Waals surface area (Å²) in [7, 11) is 3.24. The van der Waals surface area contributed by atoms with Crippen molar-refractivity contribution in [3.05, 3.63) is 29.8 Å². The van der Waals surface area contributed by atoms with E-state index in [-0.39, 0.29) is 12.5 Å². The van der Waals surface area contributed by atoms with Crippen LogP contribution in [0.2, 0.25) is 0 Å². The maximum absolute atomic E-state index is 13.2. The highest BCUT2D eigenvalue weighted by Crippen LogP contribution is 2.58. The van der Waals surface area contributed by atoms with E-state index < -0.39 is 11.4 Å². The molecule has 3 rings (SSSR count). The summed E-state index contributed by atoms with van der Waals surface area (Å²) in [5, 5.41) is 9.04. The van der Waals surface area contributed by atoms with Crippen LogP contribution in [-0.4, -0.2) is 42.6 Å². The highest BCUT2D eigenvalue weighted by atomic mass is 16.5. The largest absolute Gasteiger partial charge is 0.497 e. The number of aliphatic carboxylic acids is 1. The number of hydrogen-bond acceptors (Lipinski definition) is 3. The van der Waals surface area contributed by atoms with Gasteiger partial charge < -0.3 is 14.7 Å². The van der Waals surface area contributed by atoms with E-state index in [2.05, 4.69) is 0 Å². The number of methoxy groups -OCH3 is 1. The lowest BCUT2D eigenvalue weighted by Gasteiger charge is -2.39. The van der Waals surface area contributed by atoms with Crippen molar-refractivity contribution in [3.63, 3.8) is 0 Å². The monoisotopic (exact) mass is 331 g/mol. The van der Waals surface area contributed by atoms with Crippen LogP contribution in [0.4, 0.5) is 0 Å². The number of hydrogen-bond donors (Lipinski definition) is 1. The van der Waals surface area contributed by atoms with Crippen LogP contribution in [0, 0.1) is 17.3 Å². The van der Waals surface area contributed by atoms with E-state index in [9.17, 15) is 9.59 Å². The van der Waals surface area contributed by atoms with Crippen LogP contribution in [0.15, 0.2) is 24.3 Å². The van der Waals surface area contributed by atoms with Gasteiger partial charge in [0.05, 0.1) is 12.5 Å². The number of benzene rings is 1. The maximum Gasteiger partial charge on any atom is 0.323 e. The van der Waals surface area contributed by atoms with Crippen molar-refractivity contribution >= 4 is 11.9 Å². The lowest BCUT2D eigenvalue weighted by Crippen LogP contribution is -2.48. The van der Waals surface area contributed by atoms with Crippen LogP contribution < -0.4 is 4.74 Å². The van der Waals surface area contributed by atoms with Gasteiger partial charge in [-0.15, -0.1) is 0 Å². The van der Waals surface area contributed by atoms with Crippen LogP contribution in [0.1, 0.15) is 31.2 Å². The Hall–Kier alpha value is -2.04. The predicted molar refractivity (Wildman–Crippen MR) is 89.9 cm³/mol. The van der Waals surface area contributed by atoms with Crippen LogP contribution in [0.3, 0.4) is 0 Å². The molecule has 0 saturated heterocycles. The molecule has 2 saturated carbocycles. The fourth-order valence-electron chi connectivity index (χ4n) is 4.80. The van der Waals surface area contributed by atoms with Gasteiger partial charge in [0.25, 0.3) is 0 Å². The highest BCUT2D eigenvalue weighted by Gasteiger charge is 2.56. The van der Waals surface area contributed by atoms with Gasteiger partial charge in [0, 0.05) is 7.05 Å². The van der Waals surface area contributed by atoms with Gasteiger partial charge in [-0.1, -0.05) is 18.6 Å². The van der Waals surface area contributed by atoms with Crippen molar-refractivity contribution in [2.75, 3.05) is 20.7 Å². The van der Waals surface area contributed by atoms with Crippen molar-refractivity contribution in [1.29, 1.82) is 0 Å². The van der Waals surface area contributed by atoms with Gasteiger partial charge in [0.15, 0.2) is 0 Å². The van der Waals surface area contributed by atoms with Crippen molar-refractivity contribution in [1.82, 2.24) is 4.90 Å². The van der Waals surface area contributed by atoms with Crippen LogP contribution >= 0.6 is 0 Å². The van der Waals surface area contributed by atoms with Crippen LogP contribution in [0.25, 0.3) is 0 Å². The zero-order valence-electron chi connectivity index (χ0n) is 14.3. The topological polar surface area (TPSA) is 66.8 Å². The number of carboxylic acid groups (broad SMARTS) is 1. The third kappa shape index (κ3) is 2.99. The summed E-state index contributed by atoms with van der Waals surface area (Å²) in [5.41, 5.74) is 0.624. The number of nitrogens with zero attached hydrogens (tertiary/aromatic N) is 1. The third-order valence-corrected chi connectivity index (χ3v) is 5.77. The van der Waals surface area contributed by atoms with E-state index in [0.717, 1.165) is 30.6 Å². The lowest BCUT2D eigenvalue weighted by molar-refractivity contribution is -0.150. The molecule has 1 N–H and O–H groups in total. The predicted octanol–water partition coefficient (Wildman–Crippen LogP) is 2.59. The summed E-state index contributed by atoms with van der Waals surface area (Å²) >= 11 is 0. The molecule has 0 spiro atoms. The van der Waals surface area contributed by atoms with Crippen molar-refractivity contribution in [3.8, 4) is 5.75 Å². The minimum absolute atomic E-state index is 0.0140. The van der Waals surface area contributed by atoms with Gasteiger partial charge in [-0.2, -0.15) is 0 Å². The molecule has 130 valence electrons. The van der Waals surface area contributed by atoms with Gasteiger partial charge in [0.1, 0.15) is 12.3 Å². The first-order valence-electron chi connectivity index (χ1n) is 8.55. The molecule has 24 heavy (non-hydrogen) atoms. The molecular weight excluding hydrogens is 306 g/mol. The zero-order chi connectivity index (χ0) is 17.3. The summed E-state index contributed by atoms with van der Waals surface area (Å²) in [6.07, 6.45) is 4.89. The Morgan fingerprint density at radius 3 is 2.75 bits per heavy atom. The Morgan fingerprint density at radius 2 is 2.17 bits per heavy atom. The average molecular weight is 331 g/mol. The Labute approximate surface area is 142 Å². The SMILES string of the molecule is COc1cccc(CC2(C(=O)N(C)CC(=O)O)CC3CCC2C3)c1. The molecule has 0 aromatic heterocycles. The van der Waals surface area contributed by atoms with Gasteiger partial charge in [-0.05, 0) is 55.2 Å². The normalized spacial score (nSPS) is 27.9. The number of carbonyl (C=O) groups excluding carboxylic acids is 1. The number of amides is 1. The molecule has 2 fully saturated rings. The number of rotatable bonds is 6. The molecule has 1 aromatic rings. The number of ether oxygens (including phenoxy) is 1. The molecule has 3 atom stereocenters. The summed E-state index contributed by atoms with van der Waals surface area (Å²) in [6, 6.07) is 7.86. The Kier molecular flexibility index (Phi) is 4.52. The molecule has 5 heteroatoms. The number of likely N-dealkylation sites (N-methyl/N-ethyl adjacent to an activating group) is 1. The summed E-state index contributed by atoms with van der Waals surface area (Å²) in [4.78, 5) is 25.6. The van der Waals surface area contributed by atoms with Crippen molar-refractivity contribution < 1.29 is 19.4 Å². The number of carbonyl (C=O) groups is 2. The highest BCUT2D eigenvalue weighted by molar-refractivity contribution is 5.87. The van der Waals surface area contributed by atoms with Gasteiger partial charge in [-0.3, -0.25) is 9.59 Å². The molecule has 0 heterocycles. The van der Waals surface area contributed by atoms with E-state index in [1.54, 1.807) is 14.2 Å². The Bertz CT molecular complexity index is 644. The van der Waals surface area contributed by atoms with E-state index in [4.69, 9.17) is 9.84 Å². The Balaban J connectivity index is 1.89. The Morgan fingerprint density at radius 1 is 1.38 bits per heavy atom. The van der Waals surface area contributed by atoms with E-state index in [0.29, 0.717) is 18.3 Å². The fraction of sp³-hybridized carbons (Fsp3) is 0.579. The summed E-state index contributed by atoms with van der Waals surface area (Å²) < 4.78 is 5.30. The van der Waals surface area contributed by atoms with E-state index in [1.165, 1.54) is 11.3 Å². The molecule has 5 nitrogen and oxygen atoms in total. The second kappa shape index (κ2) is 6.46. The van der Waals surface area contributed by atoms with Gasteiger partial charge in [-0.25, -0.2) is 0 Å². The average Bonchev–Trinajstić information content (AvgIpc) is 3.15. The third-order valence-electron chi connectivity index (χ3n) is 5.77. The van der Waals surface area contributed by atoms with E-state index in [1.807, 2.05) is 24.3 Å². The smallest absolute Gasteiger partial charge is 0.323 e. The molecule has 2 aliphatic carbocycles. The first-order valence-corrected chi connectivity index (χ1v) is 8.55. The van der Waals surface area contributed by atoms with E-state index >= 15 is 0 Å². The first-order chi connectivity index (χ1) is 11.4. The molecule has 2 aliphatic rings. The number of fused-ring (bicyclic) bond motifs is 2. The van der Waals surface area contributed by atoms with Gasteiger partial charge >= 0.3 is 5.97 Å². The second-order valence-electron chi connectivity index (χ2n) is 7.32. The second-order valence-corrected chi connectivity index (χ2v) is 7.32.